The number of fused-ring (bicyclic) bond motifs is 1. The van der Waals surface area contributed by atoms with Crippen molar-refractivity contribution in [3.05, 3.63) is 27.1 Å². The van der Waals surface area contributed by atoms with E-state index in [1.165, 1.54) is 9.95 Å². The van der Waals surface area contributed by atoms with Gasteiger partial charge in [0.2, 0.25) is 5.91 Å². The minimum absolute atomic E-state index is 0.0597. The van der Waals surface area contributed by atoms with Gasteiger partial charge in [0.15, 0.2) is 0 Å². The van der Waals surface area contributed by atoms with E-state index in [4.69, 9.17) is 5.11 Å². The fourth-order valence-electron chi connectivity index (χ4n) is 2.07. The average molecular weight is 323 g/mol. The maximum absolute atomic E-state index is 12.5. The Kier molecular flexibility index (Phi) is 4.92. The summed E-state index contributed by atoms with van der Waals surface area (Å²) in [4.78, 5) is 40.1. The number of nitrogens with zero attached hydrogens (tertiary/aromatic N) is 2. The van der Waals surface area contributed by atoms with Gasteiger partial charge in [-0.15, -0.1) is 11.3 Å². The highest BCUT2D eigenvalue weighted by Gasteiger charge is 2.19. The molecule has 0 spiro atoms. The Bertz CT molecular complexity index is 778. The van der Waals surface area contributed by atoms with Crippen LogP contribution in [0.2, 0.25) is 0 Å². The molecule has 0 fully saturated rings. The Labute approximate surface area is 130 Å². The van der Waals surface area contributed by atoms with Gasteiger partial charge >= 0.3 is 5.97 Å². The van der Waals surface area contributed by atoms with Gasteiger partial charge in [-0.3, -0.25) is 14.2 Å². The highest BCUT2D eigenvalue weighted by Crippen LogP contribution is 2.21. The Morgan fingerprint density at radius 1 is 1.45 bits per heavy atom. The van der Waals surface area contributed by atoms with Crippen molar-refractivity contribution in [1.82, 2.24) is 14.9 Å². The number of hydrogen-bond donors (Lipinski definition) is 2. The van der Waals surface area contributed by atoms with E-state index in [2.05, 4.69) is 10.3 Å². The minimum Gasteiger partial charge on any atom is -0.478 e. The third kappa shape index (κ3) is 3.16. The Balaban J connectivity index is 2.37. The number of aryl methyl sites for hydroxylation is 1. The van der Waals surface area contributed by atoms with Crippen molar-refractivity contribution in [1.29, 1.82) is 0 Å². The van der Waals surface area contributed by atoms with Crippen LogP contribution in [0.25, 0.3) is 10.2 Å². The molecule has 2 aromatic heterocycles. The third-order valence-corrected chi connectivity index (χ3v) is 4.14. The molecule has 1 amide bonds. The van der Waals surface area contributed by atoms with Gasteiger partial charge in [0.25, 0.3) is 5.56 Å². The predicted molar refractivity (Wildman–Crippen MR) is 83.5 cm³/mol. The highest BCUT2D eigenvalue weighted by atomic mass is 32.1. The van der Waals surface area contributed by atoms with E-state index in [1.807, 2.05) is 6.92 Å². The number of unbranched alkanes of at least 4 members (excludes halogenated alkanes) is 1. The first-order valence-electron chi connectivity index (χ1n) is 6.94. The molecule has 0 aliphatic rings. The second-order valence-electron chi connectivity index (χ2n) is 4.89. The molecule has 8 heteroatoms. The van der Waals surface area contributed by atoms with Gasteiger partial charge in [-0.05, 0) is 13.3 Å². The topological polar surface area (TPSA) is 101 Å². The van der Waals surface area contributed by atoms with E-state index < -0.39 is 11.5 Å². The van der Waals surface area contributed by atoms with Crippen molar-refractivity contribution >= 4 is 33.4 Å². The van der Waals surface area contributed by atoms with Crippen LogP contribution in [-0.4, -0.2) is 33.1 Å². The lowest BCUT2D eigenvalue weighted by atomic mass is 10.2. The highest BCUT2D eigenvalue weighted by molar-refractivity contribution is 7.17. The summed E-state index contributed by atoms with van der Waals surface area (Å²) in [5.74, 6) is -1.07. The maximum Gasteiger partial charge on any atom is 0.337 e. The van der Waals surface area contributed by atoms with E-state index in [-0.39, 0.29) is 23.4 Å². The second kappa shape index (κ2) is 6.69. The molecule has 0 aromatic carbocycles. The van der Waals surface area contributed by atoms with E-state index in [9.17, 15) is 14.4 Å². The second-order valence-corrected chi connectivity index (χ2v) is 5.75. The molecule has 0 radical (unpaired) electrons. The Morgan fingerprint density at radius 2 is 2.18 bits per heavy atom. The predicted octanol–water partition coefficient (Wildman–Crippen LogP) is 1.38. The van der Waals surface area contributed by atoms with Crippen LogP contribution >= 0.6 is 11.3 Å². The molecule has 2 aromatic rings. The SMILES string of the molecule is CCCCNC(=O)Cn1c(C)nc2scc(C(=O)O)c2c1=O. The van der Waals surface area contributed by atoms with Crippen molar-refractivity contribution in [3.63, 3.8) is 0 Å². The molecule has 0 unspecified atom stereocenters. The summed E-state index contributed by atoms with van der Waals surface area (Å²) in [6, 6.07) is 0. The summed E-state index contributed by atoms with van der Waals surface area (Å²) < 4.78 is 1.21. The van der Waals surface area contributed by atoms with Crippen LogP contribution in [0.1, 0.15) is 35.9 Å². The zero-order valence-electron chi connectivity index (χ0n) is 12.4. The standard InChI is InChI=1S/C14H17N3O4S/c1-3-4-5-15-10(18)6-17-8(2)16-12-11(13(17)19)9(7-22-12)14(20)21/h7H,3-6H2,1-2H3,(H,15,18)(H,20,21). The van der Waals surface area contributed by atoms with Crippen LogP contribution in [0.4, 0.5) is 0 Å². The molecular weight excluding hydrogens is 306 g/mol. The maximum atomic E-state index is 12.5. The first kappa shape index (κ1) is 16.2. The van der Waals surface area contributed by atoms with E-state index in [0.29, 0.717) is 17.2 Å². The van der Waals surface area contributed by atoms with E-state index in [0.717, 1.165) is 24.2 Å². The van der Waals surface area contributed by atoms with Crippen molar-refractivity contribution in [2.75, 3.05) is 6.54 Å². The van der Waals surface area contributed by atoms with Crippen LogP contribution < -0.4 is 10.9 Å². The summed E-state index contributed by atoms with van der Waals surface area (Å²) in [7, 11) is 0. The minimum atomic E-state index is -1.17. The number of amides is 1. The van der Waals surface area contributed by atoms with Gasteiger partial charge in [0.05, 0.1) is 10.9 Å². The molecule has 0 bridgehead atoms. The van der Waals surface area contributed by atoms with Gasteiger partial charge in [-0.1, -0.05) is 13.3 Å². The van der Waals surface area contributed by atoms with Crippen LogP contribution in [0, 0.1) is 6.92 Å². The normalized spacial score (nSPS) is 10.8. The average Bonchev–Trinajstić information content (AvgIpc) is 2.87. The fraction of sp³-hybridized carbons (Fsp3) is 0.429. The van der Waals surface area contributed by atoms with Gasteiger partial charge in [-0.25, -0.2) is 9.78 Å². The number of aromatic carboxylic acids is 1. The van der Waals surface area contributed by atoms with Gasteiger partial charge in [0.1, 0.15) is 17.2 Å². The van der Waals surface area contributed by atoms with Gasteiger partial charge < -0.3 is 10.4 Å². The van der Waals surface area contributed by atoms with E-state index in [1.54, 1.807) is 6.92 Å². The lowest BCUT2D eigenvalue weighted by Crippen LogP contribution is -2.34. The lowest BCUT2D eigenvalue weighted by molar-refractivity contribution is -0.121. The fourth-order valence-corrected chi connectivity index (χ4v) is 3.02. The molecular formula is C14H17N3O4S. The van der Waals surface area contributed by atoms with Crippen LogP contribution in [0.3, 0.4) is 0 Å². The Morgan fingerprint density at radius 3 is 2.82 bits per heavy atom. The number of hydrogen-bond acceptors (Lipinski definition) is 5. The molecule has 0 saturated carbocycles. The molecule has 7 nitrogen and oxygen atoms in total. The smallest absolute Gasteiger partial charge is 0.337 e. The number of carboxylic acid groups (broad SMARTS) is 1. The molecule has 0 saturated heterocycles. The molecule has 0 aliphatic heterocycles. The summed E-state index contributed by atoms with van der Waals surface area (Å²) in [5.41, 5.74) is -0.565. The molecule has 2 N–H and O–H groups in total. The number of carboxylic acids is 1. The summed E-state index contributed by atoms with van der Waals surface area (Å²) in [5, 5.41) is 13.3. The van der Waals surface area contributed by atoms with Gasteiger partial charge in [0, 0.05) is 11.9 Å². The first-order chi connectivity index (χ1) is 10.5. The monoisotopic (exact) mass is 323 g/mol. The first-order valence-corrected chi connectivity index (χ1v) is 7.82. The molecule has 118 valence electrons. The van der Waals surface area contributed by atoms with Crippen molar-refractivity contribution < 1.29 is 14.7 Å². The van der Waals surface area contributed by atoms with Crippen molar-refractivity contribution in [3.8, 4) is 0 Å². The van der Waals surface area contributed by atoms with Crippen LogP contribution in [-0.2, 0) is 11.3 Å². The summed E-state index contributed by atoms with van der Waals surface area (Å²) in [6.45, 7) is 4.03. The Hall–Kier alpha value is -2.22. The summed E-state index contributed by atoms with van der Waals surface area (Å²) in [6.07, 6.45) is 1.83. The largest absolute Gasteiger partial charge is 0.478 e. The number of aromatic nitrogens is 2. The molecule has 2 heterocycles. The molecule has 22 heavy (non-hydrogen) atoms. The number of carbonyl (C=O) groups is 2. The number of nitrogens with one attached hydrogen (secondary N) is 1. The van der Waals surface area contributed by atoms with Crippen molar-refractivity contribution in [2.45, 2.75) is 33.2 Å². The lowest BCUT2D eigenvalue weighted by Gasteiger charge is -2.10. The number of thiophene rings is 1. The zero-order valence-corrected chi connectivity index (χ0v) is 13.2. The number of carbonyl (C=O) groups excluding carboxylic acids is 1. The molecule has 0 atom stereocenters. The third-order valence-electron chi connectivity index (χ3n) is 3.27. The summed E-state index contributed by atoms with van der Waals surface area (Å²) >= 11 is 1.11. The molecule has 2 rings (SSSR count). The van der Waals surface area contributed by atoms with Crippen molar-refractivity contribution in [2.24, 2.45) is 0 Å². The number of rotatable bonds is 6. The van der Waals surface area contributed by atoms with Crippen LogP contribution in [0.5, 0.6) is 0 Å². The van der Waals surface area contributed by atoms with Crippen LogP contribution in [0.15, 0.2) is 10.2 Å². The quantitative estimate of drug-likeness (QED) is 0.782. The molecule has 0 aliphatic carbocycles. The van der Waals surface area contributed by atoms with Gasteiger partial charge in [-0.2, -0.15) is 0 Å². The van der Waals surface area contributed by atoms with E-state index >= 15 is 0 Å². The zero-order chi connectivity index (χ0) is 16.3.